The van der Waals surface area contributed by atoms with Gasteiger partial charge in [-0.2, -0.15) is 0 Å². The first-order valence-corrected chi connectivity index (χ1v) is 17.7. The molecule has 11 nitrogen and oxygen atoms in total. The molecule has 0 bridgehead atoms. The molecule has 0 aliphatic heterocycles. The molecule has 3 aromatic rings. The molecule has 0 N–H and O–H groups in total. The Labute approximate surface area is 315 Å². The van der Waals surface area contributed by atoms with Gasteiger partial charge in [0.05, 0.1) is 32.0 Å². The summed E-state index contributed by atoms with van der Waals surface area (Å²) < 4.78 is 32.1. The van der Waals surface area contributed by atoms with Gasteiger partial charge in [-0.3, -0.25) is 4.79 Å². The molecule has 0 aromatic heterocycles. The Balaban J connectivity index is 1.36. The minimum absolute atomic E-state index is 0.0189. The van der Waals surface area contributed by atoms with Crippen molar-refractivity contribution in [1.82, 2.24) is 0 Å². The molecule has 3 aromatic carbocycles. The van der Waals surface area contributed by atoms with E-state index in [0.29, 0.717) is 44.2 Å². The fourth-order valence-electron chi connectivity index (χ4n) is 4.71. The Morgan fingerprint density at radius 3 is 1.37 bits per heavy atom. The lowest BCUT2D eigenvalue weighted by molar-refractivity contribution is -0.138. The number of carbonyl (C=O) groups is 5. The quantitative estimate of drug-likeness (QED) is 0.0274. The number of rotatable bonds is 25. The maximum atomic E-state index is 12.5. The molecular formula is C43H46O11. The molecule has 284 valence electrons. The average molecular weight is 739 g/mol. The van der Waals surface area contributed by atoms with Crippen LogP contribution < -0.4 is 18.9 Å². The first-order chi connectivity index (χ1) is 26.3. The highest BCUT2D eigenvalue weighted by Gasteiger charge is 2.11. The van der Waals surface area contributed by atoms with E-state index in [9.17, 15) is 24.0 Å². The zero-order valence-electron chi connectivity index (χ0n) is 30.3. The summed E-state index contributed by atoms with van der Waals surface area (Å²) in [5, 5.41) is 0. The summed E-state index contributed by atoms with van der Waals surface area (Å²) in [7, 11) is 0. The Bertz CT molecular complexity index is 1740. The molecule has 0 spiro atoms. The van der Waals surface area contributed by atoms with Crippen molar-refractivity contribution >= 4 is 42.3 Å². The van der Waals surface area contributed by atoms with Crippen LogP contribution in [0.4, 0.5) is 0 Å². The Morgan fingerprint density at radius 1 is 0.500 bits per heavy atom. The highest BCUT2D eigenvalue weighted by atomic mass is 16.5. The smallest absolute Gasteiger partial charge is 0.336 e. The minimum Gasteiger partial charge on any atom is -0.494 e. The van der Waals surface area contributed by atoms with E-state index in [1.165, 1.54) is 30.4 Å². The molecule has 0 aliphatic carbocycles. The van der Waals surface area contributed by atoms with Gasteiger partial charge < -0.3 is 28.4 Å². The lowest BCUT2D eigenvalue weighted by Crippen LogP contribution is -2.07. The zero-order chi connectivity index (χ0) is 38.8. The van der Waals surface area contributed by atoms with Crippen LogP contribution in [0.2, 0.25) is 0 Å². The van der Waals surface area contributed by atoms with Gasteiger partial charge in [-0.25, -0.2) is 19.2 Å². The Hall–Kier alpha value is -6.23. The van der Waals surface area contributed by atoms with Gasteiger partial charge >= 0.3 is 23.9 Å². The molecule has 3 rings (SSSR count). The van der Waals surface area contributed by atoms with Crippen LogP contribution in [-0.2, 0) is 28.7 Å². The number of esters is 4. The third-order valence-corrected chi connectivity index (χ3v) is 7.56. The zero-order valence-corrected chi connectivity index (χ0v) is 30.3. The second kappa shape index (κ2) is 24.9. The summed E-state index contributed by atoms with van der Waals surface area (Å²) in [6.07, 6.45) is 15.5. The predicted molar refractivity (Wildman–Crippen MR) is 204 cm³/mol. The van der Waals surface area contributed by atoms with Crippen LogP contribution in [0.25, 0.3) is 12.2 Å². The fourth-order valence-corrected chi connectivity index (χ4v) is 4.71. The molecule has 0 amide bonds. The van der Waals surface area contributed by atoms with Gasteiger partial charge in [0, 0.05) is 24.3 Å². The van der Waals surface area contributed by atoms with Crippen LogP contribution in [0.5, 0.6) is 23.0 Å². The SMILES string of the molecule is C=CC(=O)OCCCCCCOc1ccc(/C=C/C(=O)Oc2ccc(OC(=O)/C=C/c3ccc(OCCCCCCOC(=O)C=C)cc3)c(C=O)c2)cc1. The van der Waals surface area contributed by atoms with Crippen molar-refractivity contribution in [2.24, 2.45) is 0 Å². The maximum Gasteiger partial charge on any atom is 0.336 e. The summed E-state index contributed by atoms with van der Waals surface area (Å²) in [5.41, 5.74) is 1.54. The molecule has 0 heterocycles. The third kappa shape index (κ3) is 17.3. The first kappa shape index (κ1) is 42.2. The molecule has 0 unspecified atom stereocenters. The van der Waals surface area contributed by atoms with Crippen LogP contribution in [-0.4, -0.2) is 56.6 Å². The monoisotopic (exact) mass is 738 g/mol. The van der Waals surface area contributed by atoms with Crippen LogP contribution in [0.1, 0.15) is 72.9 Å². The van der Waals surface area contributed by atoms with Crippen LogP contribution >= 0.6 is 0 Å². The normalized spacial score (nSPS) is 10.7. The maximum absolute atomic E-state index is 12.5. The number of ether oxygens (including phenoxy) is 6. The average Bonchev–Trinajstić information content (AvgIpc) is 3.19. The molecule has 0 saturated carbocycles. The second-order valence-electron chi connectivity index (χ2n) is 11.7. The second-order valence-corrected chi connectivity index (χ2v) is 11.7. The Morgan fingerprint density at radius 2 is 0.926 bits per heavy atom. The van der Waals surface area contributed by atoms with E-state index in [1.807, 2.05) is 0 Å². The topological polar surface area (TPSA) is 141 Å². The molecule has 54 heavy (non-hydrogen) atoms. The largest absolute Gasteiger partial charge is 0.494 e. The molecule has 0 saturated heterocycles. The van der Waals surface area contributed by atoms with Gasteiger partial charge in [-0.1, -0.05) is 37.4 Å². The molecule has 0 aliphatic rings. The van der Waals surface area contributed by atoms with E-state index in [0.717, 1.165) is 74.6 Å². The van der Waals surface area contributed by atoms with E-state index in [2.05, 4.69) is 13.2 Å². The summed E-state index contributed by atoms with van der Waals surface area (Å²) >= 11 is 0. The van der Waals surface area contributed by atoms with Gasteiger partial charge in [-0.15, -0.1) is 0 Å². The summed E-state index contributed by atoms with van der Waals surface area (Å²) in [6, 6.07) is 18.5. The number of carbonyl (C=O) groups excluding carboxylic acids is 5. The molecule has 11 heteroatoms. The van der Waals surface area contributed by atoms with Gasteiger partial charge in [-0.05, 0) is 117 Å². The van der Waals surface area contributed by atoms with E-state index in [4.69, 9.17) is 28.4 Å². The van der Waals surface area contributed by atoms with Gasteiger partial charge in [0.25, 0.3) is 0 Å². The summed E-state index contributed by atoms with van der Waals surface area (Å²) in [6.45, 7) is 8.60. The van der Waals surface area contributed by atoms with Crippen molar-refractivity contribution in [3.05, 3.63) is 121 Å². The number of hydrogen-bond donors (Lipinski definition) is 0. The van der Waals surface area contributed by atoms with Crippen molar-refractivity contribution in [3.8, 4) is 23.0 Å². The first-order valence-electron chi connectivity index (χ1n) is 17.7. The predicted octanol–water partition coefficient (Wildman–Crippen LogP) is 8.07. The summed E-state index contributed by atoms with van der Waals surface area (Å²) in [4.78, 5) is 58.7. The van der Waals surface area contributed by atoms with E-state index < -0.39 is 23.9 Å². The fraction of sp³-hybridized carbons (Fsp3) is 0.279. The van der Waals surface area contributed by atoms with Crippen LogP contribution in [0.15, 0.2) is 104 Å². The van der Waals surface area contributed by atoms with E-state index in [-0.39, 0.29) is 17.1 Å². The van der Waals surface area contributed by atoms with Crippen molar-refractivity contribution in [3.63, 3.8) is 0 Å². The molecular weight excluding hydrogens is 692 g/mol. The number of benzene rings is 3. The van der Waals surface area contributed by atoms with Crippen LogP contribution in [0.3, 0.4) is 0 Å². The van der Waals surface area contributed by atoms with Gasteiger partial charge in [0.15, 0.2) is 6.29 Å². The van der Waals surface area contributed by atoms with Crippen molar-refractivity contribution in [1.29, 1.82) is 0 Å². The van der Waals surface area contributed by atoms with Crippen LogP contribution in [0, 0.1) is 0 Å². The molecule has 0 radical (unpaired) electrons. The van der Waals surface area contributed by atoms with Crippen molar-refractivity contribution < 1.29 is 52.4 Å². The van der Waals surface area contributed by atoms with Crippen molar-refractivity contribution in [2.45, 2.75) is 51.4 Å². The Kier molecular flexibility index (Phi) is 19.4. The van der Waals surface area contributed by atoms with Gasteiger partial charge in [0.2, 0.25) is 0 Å². The lowest BCUT2D eigenvalue weighted by atomic mass is 10.2. The third-order valence-electron chi connectivity index (χ3n) is 7.56. The van der Waals surface area contributed by atoms with Gasteiger partial charge in [0.1, 0.15) is 23.0 Å². The van der Waals surface area contributed by atoms with E-state index in [1.54, 1.807) is 60.7 Å². The number of aldehydes is 1. The highest BCUT2D eigenvalue weighted by Crippen LogP contribution is 2.24. The molecule has 0 atom stereocenters. The standard InChI is InChI=1S/C43H46O11/c1-3-40(45)51-29-11-7-5-9-27-49-36-19-13-33(14-20-36)17-25-42(47)53-38-23-24-39(35(31-38)32-44)54-43(48)26-18-34-15-21-37(22-16-34)50-28-10-6-8-12-30-52-41(46)4-2/h3-4,13-26,31-32H,1-2,5-12,27-30H2/b25-17+,26-18+. The number of hydrogen-bond acceptors (Lipinski definition) is 11. The van der Waals surface area contributed by atoms with Crippen molar-refractivity contribution in [2.75, 3.05) is 26.4 Å². The highest BCUT2D eigenvalue weighted by molar-refractivity contribution is 5.92. The minimum atomic E-state index is -0.692. The lowest BCUT2D eigenvalue weighted by Gasteiger charge is -2.08. The van der Waals surface area contributed by atoms with E-state index >= 15 is 0 Å². The summed E-state index contributed by atoms with van der Waals surface area (Å²) in [5.74, 6) is -0.637. The molecule has 0 fully saturated rings. The number of unbranched alkanes of at least 4 members (excludes halogenated alkanes) is 6.